The molecule has 0 radical (unpaired) electrons. The summed E-state index contributed by atoms with van der Waals surface area (Å²) in [4.78, 5) is 18.1. The Hall–Kier alpha value is -3.31. The summed E-state index contributed by atoms with van der Waals surface area (Å²) in [5, 5.41) is 0. The fourth-order valence-corrected chi connectivity index (χ4v) is 4.42. The molecule has 1 amide bonds. The second-order valence-electron chi connectivity index (χ2n) is 8.50. The van der Waals surface area contributed by atoms with E-state index < -0.39 is 0 Å². The lowest BCUT2D eigenvalue weighted by atomic mass is 10.00. The summed E-state index contributed by atoms with van der Waals surface area (Å²) >= 11 is 0. The molecule has 3 aromatic carbocycles. The van der Waals surface area contributed by atoms with Crippen LogP contribution >= 0.6 is 0 Å². The van der Waals surface area contributed by atoms with Crippen molar-refractivity contribution in [2.24, 2.45) is 0 Å². The second kappa shape index (κ2) is 11.0. The van der Waals surface area contributed by atoms with E-state index in [0.717, 1.165) is 49.5 Å². The van der Waals surface area contributed by atoms with Crippen molar-refractivity contribution in [2.75, 3.05) is 27.3 Å². The van der Waals surface area contributed by atoms with Crippen molar-refractivity contribution < 1.29 is 14.3 Å². The van der Waals surface area contributed by atoms with Gasteiger partial charge in [0.2, 0.25) is 0 Å². The van der Waals surface area contributed by atoms with E-state index in [-0.39, 0.29) is 11.9 Å². The number of benzene rings is 3. The van der Waals surface area contributed by atoms with Crippen LogP contribution in [0.5, 0.6) is 11.5 Å². The fraction of sp³-hybridized carbons (Fsp3) is 0.321. The first-order valence-corrected chi connectivity index (χ1v) is 11.5. The fourth-order valence-electron chi connectivity index (χ4n) is 4.42. The maximum absolute atomic E-state index is 13.6. The minimum Gasteiger partial charge on any atom is -0.497 e. The lowest BCUT2D eigenvalue weighted by Crippen LogP contribution is -2.46. The van der Waals surface area contributed by atoms with Crippen molar-refractivity contribution in [3.8, 4) is 11.5 Å². The van der Waals surface area contributed by atoms with Crippen LogP contribution in [0.15, 0.2) is 78.9 Å². The Balaban J connectivity index is 1.48. The number of carbonyl (C=O) groups is 1. The highest BCUT2D eigenvalue weighted by molar-refractivity contribution is 5.94. The summed E-state index contributed by atoms with van der Waals surface area (Å²) in [6, 6.07) is 26.2. The second-order valence-corrected chi connectivity index (χ2v) is 8.50. The molecule has 33 heavy (non-hydrogen) atoms. The molecule has 0 bridgehead atoms. The number of rotatable bonds is 8. The summed E-state index contributed by atoms with van der Waals surface area (Å²) in [7, 11) is 3.30. The smallest absolute Gasteiger partial charge is 0.254 e. The predicted octanol–water partition coefficient (Wildman–Crippen LogP) is 5.01. The van der Waals surface area contributed by atoms with Gasteiger partial charge in [-0.3, -0.25) is 9.69 Å². The van der Waals surface area contributed by atoms with E-state index in [1.54, 1.807) is 14.2 Å². The number of methoxy groups -OCH3 is 2. The van der Waals surface area contributed by atoms with Crippen molar-refractivity contribution in [3.63, 3.8) is 0 Å². The Kier molecular flexibility index (Phi) is 7.63. The summed E-state index contributed by atoms with van der Waals surface area (Å²) in [6.07, 6.45) is 1.93. The lowest BCUT2D eigenvalue weighted by molar-refractivity contribution is 0.0543. The minimum absolute atomic E-state index is 0.0648. The van der Waals surface area contributed by atoms with Gasteiger partial charge in [0.05, 0.1) is 14.2 Å². The molecule has 0 atom stereocenters. The zero-order chi connectivity index (χ0) is 23.0. The van der Waals surface area contributed by atoms with Crippen LogP contribution < -0.4 is 9.47 Å². The largest absolute Gasteiger partial charge is 0.497 e. The SMILES string of the molecule is COc1ccc(CN(C(=O)c2ccc(OC)cc2)C2CCN(Cc3ccccc3)CC2)cc1. The number of hydrogen-bond donors (Lipinski definition) is 0. The van der Waals surface area contributed by atoms with Gasteiger partial charge in [-0.05, 0) is 60.4 Å². The van der Waals surface area contributed by atoms with Crippen molar-refractivity contribution in [1.82, 2.24) is 9.80 Å². The normalized spacial score (nSPS) is 14.6. The van der Waals surface area contributed by atoms with E-state index in [9.17, 15) is 4.79 Å². The van der Waals surface area contributed by atoms with Gasteiger partial charge in [-0.15, -0.1) is 0 Å². The molecule has 0 N–H and O–H groups in total. The first kappa shape index (κ1) is 22.9. The van der Waals surface area contributed by atoms with Crippen LogP contribution in [-0.4, -0.2) is 49.1 Å². The van der Waals surface area contributed by atoms with Crippen LogP contribution in [0.3, 0.4) is 0 Å². The number of amides is 1. The van der Waals surface area contributed by atoms with Crippen molar-refractivity contribution in [3.05, 3.63) is 95.6 Å². The Morgan fingerprint density at radius 2 is 1.39 bits per heavy atom. The number of piperidine rings is 1. The highest BCUT2D eigenvalue weighted by atomic mass is 16.5. The average Bonchev–Trinajstić information content (AvgIpc) is 2.88. The summed E-state index contributed by atoms with van der Waals surface area (Å²) in [5.74, 6) is 1.64. The molecule has 5 nitrogen and oxygen atoms in total. The van der Waals surface area contributed by atoms with E-state index in [1.165, 1.54) is 5.56 Å². The monoisotopic (exact) mass is 444 g/mol. The number of nitrogens with zero attached hydrogens (tertiary/aromatic N) is 2. The molecule has 4 rings (SSSR count). The maximum Gasteiger partial charge on any atom is 0.254 e. The van der Waals surface area contributed by atoms with Gasteiger partial charge in [0.15, 0.2) is 0 Å². The molecule has 1 heterocycles. The standard InChI is InChI=1S/C28H32N2O3/c1-32-26-12-8-23(9-13-26)21-30(28(31)24-10-14-27(33-2)15-11-24)25-16-18-29(19-17-25)20-22-6-4-3-5-7-22/h3-15,25H,16-21H2,1-2H3. The Bertz CT molecular complexity index is 1010. The van der Waals surface area contributed by atoms with Gasteiger partial charge >= 0.3 is 0 Å². The molecule has 0 unspecified atom stereocenters. The van der Waals surface area contributed by atoms with Crippen LogP contribution in [0.25, 0.3) is 0 Å². The molecule has 0 spiro atoms. The van der Waals surface area contributed by atoms with Crippen molar-refractivity contribution in [2.45, 2.75) is 32.0 Å². The van der Waals surface area contributed by atoms with Crippen molar-refractivity contribution in [1.29, 1.82) is 0 Å². The molecule has 3 aromatic rings. The van der Waals surface area contributed by atoms with E-state index in [4.69, 9.17) is 9.47 Å². The molecule has 172 valence electrons. The molecule has 1 aliphatic heterocycles. The molecule has 0 aliphatic carbocycles. The predicted molar refractivity (Wildman–Crippen MR) is 131 cm³/mol. The highest BCUT2D eigenvalue weighted by Crippen LogP contribution is 2.24. The Morgan fingerprint density at radius 1 is 0.818 bits per heavy atom. The molecule has 1 saturated heterocycles. The van der Waals surface area contributed by atoms with Crippen LogP contribution in [0.4, 0.5) is 0 Å². The molecule has 0 saturated carbocycles. The lowest BCUT2D eigenvalue weighted by Gasteiger charge is -2.39. The quantitative estimate of drug-likeness (QED) is 0.490. The summed E-state index contributed by atoms with van der Waals surface area (Å²) in [5.41, 5.74) is 3.13. The number of carbonyl (C=O) groups excluding carboxylic acids is 1. The molecular weight excluding hydrogens is 412 g/mol. The first-order chi connectivity index (χ1) is 16.2. The topological polar surface area (TPSA) is 42.0 Å². The van der Waals surface area contributed by atoms with E-state index in [1.807, 2.05) is 53.4 Å². The van der Waals surface area contributed by atoms with Gasteiger partial charge in [-0.1, -0.05) is 42.5 Å². The van der Waals surface area contributed by atoms with Gasteiger partial charge in [0.25, 0.3) is 5.91 Å². The zero-order valence-electron chi connectivity index (χ0n) is 19.4. The molecular formula is C28H32N2O3. The Morgan fingerprint density at radius 3 is 1.97 bits per heavy atom. The average molecular weight is 445 g/mol. The van der Waals surface area contributed by atoms with Gasteiger partial charge < -0.3 is 14.4 Å². The van der Waals surface area contributed by atoms with E-state index >= 15 is 0 Å². The molecule has 1 aliphatic rings. The van der Waals surface area contributed by atoms with Crippen molar-refractivity contribution >= 4 is 5.91 Å². The third kappa shape index (κ3) is 5.93. The van der Waals surface area contributed by atoms with Gasteiger partial charge in [-0.25, -0.2) is 0 Å². The van der Waals surface area contributed by atoms with Gasteiger partial charge in [0, 0.05) is 37.8 Å². The molecule has 1 fully saturated rings. The third-order valence-electron chi connectivity index (χ3n) is 6.36. The van der Waals surface area contributed by atoms with Crippen LogP contribution in [0.1, 0.15) is 34.3 Å². The van der Waals surface area contributed by atoms with Gasteiger partial charge in [0.1, 0.15) is 11.5 Å². The maximum atomic E-state index is 13.6. The number of ether oxygens (including phenoxy) is 2. The highest BCUT2D eigenvalue weighted by Gasteiger charge is 2.29. The van der Waals surface area contributed by atoms with Crippen LogP contribution in [0.2, 0.25) is 0 Å². The molecule has 0 aromatic heterocycles. The molecule has 5 heteroatoms. The number of likely N-dealkylation sites (tertiary alicyclic amines) is 1. The minimum atomic E-state index is 0.0648. The van der Waals surface area contributed by atoms with Gasteiger partial charge in [-0.2, -0.15) is 0 Å². The summed E-state index contributed by atoms with van der Waals surface area (Å²) in [6.45, 7) is 3.50. The zero-order valence-corrected chi connectivity index (χ0v) is 19.4. The van der Waals surface area contributed by atoms with E-state index in [2.05, 4.69) is 35.2 Å². The Labute approximate surface area is 196 Å². The van der Waals surface area contributed by atoms with Crippen LogP contribution in [-0.2, 0) is 13.1 Å². The number of hydrogen-bond acceptors (Lipinski definition) is 4. The van der Waals surface area contributed by atoms with Crippen LogP contribution in [0, 0.1) is 0 Å². The summed E-state index contributed by atoms with van der Waals surface area (Å²) < 4.78 is 10.6. The first-order valence-electron chi connectivity index (χ1n) is 11.5. The van der Waals surface area contributed by atoms with E-state index in [0.29, 0.717) is 12.1 Å². The third-order valence-corrected chi connectivity index (χ3v) is 6.36.